The van der Waals surface area contributed by atoms with Crippen molar-refractivity contribution in [3.63, 3.8) is 0 Å². The van der Waals surface area contributed by atoms with E-state index in [-0.39, 0.29) is 12.5 Å². The van der Waals surface area contributed by atoms with E-state index in [0.29, 0.717) is 23.7 Å². The van der Waals surface area contributed by atoms with Crippen LogP contribution in [0.2, 0.25) is 0 Å². The third kappa shape index (κ3) is 4.27. The van der Waals surface area contributed by atoms with E-state index in [1.807, 2.05) is 0 Å². The second-order valence-electron chi connectivity index (χ2n) is 3.85. The zero-order valence-corrected chi connectivity index (χ0v) is 10.2. The van der Waals surface area contributed by atoms with Gasteiger partial charge in [-0.05, 0) is 36.4 Å². The van der Waals surface area contributed by atoms with Crippen LogP contribution in [0.1, 0.15) is 5.69 Å². The van der Waals surface area contributed by atoms with Gasteiger partial charge < -0.3 is 15.8 Å². The number of carbonyl (C=O) groups is 1. The van der Waals surface area contributed by atoms with Crippen LogP contribution in [0.4, 0.5) is 5.69 Å². The van der Waals surface area contributed by atoms with Gasteiger partial charge in [0, 0.05) is 11.9 Å². The Hall–Kier alpha value is -2.63. The van der Waals surface area contributed by atoms with Gasteiger partial charge in [-0.3, -0.25) is 4.79 Å². The van der Waals surface area contributed by atoms with Gasteiger partial charge in [-0.15, -0.1) is 0 Å². The highest BCUT2D eigenvalue weighted by molar-refractivity contribution is 5.77. The molecule has 3 N–H and O–H groups in total. The molecule has 0 saturated carbocycles. The predicted octanol–water partition coefficient (Wildman–Crippen LogP) is 0.754. The molecular weight excluding hydrogens is 244 g/mol. The summed E-state index contributed by atoms with van der Waals surface area (Å²) in [4.78, 5) is 11.5. The number of hydrogen-bond donors (Lipinski definition) is 2. The smallest absolute Gasteiger partial charge is 0.258 e. The third-order valence-electron chi connectivity index (χ3n) is 2.34. The van der Waals surface area contributed by atoms with Crippen molar-refractivity contribution in [2.75, 3.05) is 12.3 Å². The van der Waals surface area contributed by atoms with Crippen molar-refractivity contribution < 1.29 is 9.53 Å². The lowest BCUT2D eigenvalue weighted by Gasteiger charge is -2.07. The lowest BCUT2D eigenvalue weighted by Crippen LogP contribution is -2.28. The van der Waals surface area contributed by atoms with Gasteiger partial charge in [0.1, 0.15) is 5.75 Å². The highest BCUT2D eigenvalue weighted by Crippen LogP contribution is 2.12. The average molecular weight is 258 g/mol. The van der Waals surface area contributed by atoms with Gasteiger partial charge in [0.25, 0.3) is 5.91 Å². The fraction of sp³-hybridized carbons (Fsp3) is 0.154. The number of ether oxygens (including phenoxy) is 1. The summed E-state index contributed by atoms with van der Waals surface area (Å²) < 4.78 is 5.31. The predicted molar refractivity (Wildman–Crippen MR) is 70.2 cm³/mol. The zero-order chi connectivity index (χ0) is 13.5. The molecule has 0 aliphatic rings. The number of anilines is 1. The van der Waals surface area contributed by atoms with Gasteiger partial charge in [-0.1, -0.05) is 0 Å². The average Bonchev–Trinajstić information content (AvgIpc) is 2.45. The van der Waals surface area contributed by atoms with Gasteiger partial charge in [0.2, 0.25) is 0 Å². The Labute approximate surface area is 110 Å². The van der Waals surface area contributed by atoms with Crippen LogP contribution in [-0.4, -0.2) is 22.7 Å². The molecule has 2 rings (SSSR count). The molecule has 0 aliphatic carbocycles. The van der Waals surface area contributed by atoms with Crippen molar-refractivity contribution in [3.8, 4) is 5.75 Å². The van der Waals surface area contributed by atoms with E-state index in [0.717, 1.165) is 0 Å². The molecule has 1 aromatic heterocycles. The number of nitrogens with zero attached hydrogens (tertiary/aromatic N) is 2. The minimum Gasteiger partial charge on any atom is -0.484 e. The largest absolute Gasteiger partial charge is 0.484 e. The number of nitrogens with two attached hydrogens (primary N) is 1. The monoisotopic (exact) mass is 258 g/mol. The van der Waals surface area contributed by atoms with Crippen LogP contribution in [0.5, 0.6) is 5.75 Å². The van der Waals surface area contributed by atoms with Gasteiger partial charge in [-0.25, -0.2) is 0 Å². The van der Waals surface area contributed by atoms with E-state index in [2.05, 4.69) is 15.5 Å². The lowest BCUT2D eigenvalue weighted by atomic mass is 10.3. The van der Waals surface area contributed by atoms with Gasteiger partial charge in [-0.2, -0.15) is 10.2 Å². The highest BCUT2D eigenvalue weighted by Gasteiger charge is 2.03. The normalized spacial score (nSPS) is 9.89. The molecule has 98 valence electrons. The molecule has 0 radical (unpaired) electrons. The van der Waals surface area contributed by atoms with Crippen LogP contribution < -0.4 is 15.8 Å². The Balaban J connectivity index is 1.74. The maximum absolute atomic E-state index is 11.5. The van der Waals surface area contributed by atoms with Crippen LogP contribution in [0, 0.1) is 0 Å². The maximum Gasteiger partial charge on any atom is 0.258 e. The molecule has 0 aliphatic heterocycles. The number of aromatic nitrogens is 2. The lowest BCUT2D eigenvalue weighted by molar-refractivity contribution is -0.123. The molecule has 0 saturated heterocycles. The summed E-state index contributed by atoms with van der Waals surface area (Å²) in [6.45, 7) is 0.280. The van der Waals surface area contributed by atoms with E-state index in [1.54, 1.807) is 42.6 Å². The second-order valence-corrected chi connectivity index (χ2v) is 3.85. The third-order valence-corrected chi connectivity index (χ3v) is 2.34. The van der Waals surface area contributed by atoms with Crippen molar-refractivity contribution in [1.29, 1.82) is 0 Å². The molecule has 0 unspecified atom stereocenters. The first-order chi connectivity index (χ1) is 9.24. The number of rotatable bonds is 5. The minimum absolute atomic E-state index is 0.0514. The molecule has 19 heavy (non-hydrogen) atoms. The fourth-order valence-corrected chi connectivity index (χ4v) is 1.38. The Morgan fingerprint density at radius 3 is 2.74 bits per heavy atom. The summed E-state index contributed by atoms with van der Waals surface area (Å²) in [5.41, 5.74) is 6.90. The fourth-order valence-electron chi connectivity index (χ4n) is 1.38. The SMILES string of the molecule is Nc1ccc(OCC(=O)NCc2cccnn2)cc1. The van der Waals surface area contributed by atoms with Gasteiger partial charge in [0.15, 0.2) is 6.61 Å². The van der Waals surface area contributed by atoms with E-state index < -0.39 is 0 Å². The van der Waals surface area contributed by atoms with Crippen molar-refractivity contribution in [2.45, 2.75) is 6.54 Å². The van der Waals surface area contributed by atoms with Crippen molar-refractivity contribution in [3.05, 3.63) is 48.3 Å². The first kappa shape index (κ1) is 12.8. The summed E-state index contributed by atoms with van der Waals surface area (Å²) in [7, 11) is 0. The summed E-state index contributed by atoms with van der Waals surface area (Å²) in [5, 5.41) is 10.3. The molecule has 2 aromatic rings. The van der Waals surface area contributed by atoms with Gasteiger partial charge >= 0.3 is 0 Å². The number of benzene rings is 1. The van der Waals surface area contributed by atoms with Crippen LogP contribution >= 0.6 is 0 Å². The first-order valence-corrected chi connectivity index (χ1v) is 5.75. The summed E-state index contributed by atoms with van der Waals surface area (Å²) in [6, 6.07) is 10.4. The van der Waals surface area contributed by atoms with Crippen LogP contribution in [0.3, 0.4) is 0 Å². The van der Waals surface area contributed by atoms with E-state index in [1.165, 1.54) is 0 Å². The maximum atomic E-state index is 11.5. The number of nitrogen functional groups attached to an aromatic ring is 1. The first-order valence-electron chi connectivity index (χ1n) is 5.75. The Kier molecular flexibility index (Phi) is 4.28. The number of hydrogen-bond acceptors (Lipinski definition) is 5. The number of carbonyl (C=O) groups excluding carboxylic acids is 1. The molecule has 6 nitrogen and oxygen atoms in total. The van der Waals surface area contributed by atoms with Crippen LogP contribution in [0.25, 0.3) is 0 Å². The molecule has 1 heterocycles. The van der Waals surface area contributed by atoms with E-state index in [9.17, 15) is 4.79 Å². The second kappa shape index (κ2) is 6.34. The number of nitrogens with one attached hydrogen (secondary N) is 1. The standard InChI is InChI=1S/C13H14N4O2/c14-10-3-5-12(6-4-10)19-9-13(18)15-8-11-2-1-7-16-17-11/h1-7H,8-9,14H2,(H,15,18). The molecule has 1 amide bonds. The van der Waals surface area contributed by atoms with Gasteiger partial charge in [0.05, 0.1) is 12.2 Å². The highest BCUT2D eigenvalue weighted by atomic mass is 16.5. The Morgan fingerprint density at radius 2 is 2.05 bits per heavy atom. The molecular formula is C13H14N4O2. The van der Waals surface area contributed by atoms with Crippen molar-refractivity contribution in [1.82, 2.24) is 15.5 Å². The van der Waals surface area contributed by atoms with E-state index >= 15 is 0 Å². The summed E-state index contributed by atoms with van der Waals surface area (Å²) in [5.74, 6) is 0.381. The summed E-state index contributed by atoms with van der Waals surface area (Å²) >= 11 is 0. The van der Waals surface area contributed by atoms with Crippen LogP contribution in [-0.2, 0) is 11.3 Å². The molecule has 0 spiro atoms. The molecule has 0 bridgehead atoms. The molecule has 0 atom stereocenters. The minimum atomic E-state index is -0.220. The molecule has 0 fully saturated rings. The Morgan fingerprint density at radius 1 is 1.26 bits per heavy atom. The van der Waals surface area contributed by atoms with Crippen molar-refractivity contribution in [2.24, 2.45) is 0 Å². The molecule has 1 aromatic carbocycles. The Bertz CT molecular complexity index is 528. The summed E-state index contributed by atoms with van der Waals surface area (Å²) in [6.07, 6.45) is 1.58. The zero-order valence-electron chi connectivity index (χ0n) is 10.2. The number of amides is 1. The molecule has 6 heteroatoms. The topological polar surface area (TPSA) is 90.1 Å². The van der Waals surface area contributed by atoms with Crippen molar-refractivity contribution >= 4 is 11.6 Å². The van der Waals surface area contributed by atoms with Crippen LogP contribution in [0.15, 0.2) is 42.6 Å². The van der Waals surface area contributed by atoms with E-state index in [4.69, 9.17) is 10.5 Å². The quantitative estimate of drug-likeness (QED) is 0.772.